The normalized spacial score (nSPS) is 13.2. The van der Waals surface area contributed by atoms with E-state index in [1.807, 2.05) is 0 Å². The van der Waals surface area contributed by atoms with Crippen LogP contribution in [0.2, 0.25) is 0 Å². The zero-order valence-electron chi connectivity index (χ0n) is 4.74. The lowest BCUT2D eigenvalue weighted by atomic mass is 10.3. The number of hydrogen-bond donors (Lipinski definition) is 0. The second kappa shape index (κ2) is 5.86. The van der Waals surface area contributed by atoms with Crippen molar-refractivity contribution in [2.24, 2.45) is 0 Å². The lowest BCUT2D eigenvalue weighted by molar-refractivity contribution is -0.109. The Balaban J connectivity index is 3.27. The van der Waals surface area contributed by atoms with Crippen LogP contribution >= 0.6 is 47.8 Å². The van der Waals surface area contributed by atoms with Gasteiger partial charge in [-0.25, -0.2) is 0 Å². The van der Waals surface area contributed by atoms with Crippen LogP contribution < -0.4 is 0 Å². The first kappa shape index (κ1) is 10.1. The predicted molar refractivity (Wildman–Crippen MR) is 49.7 cm³/mol. The van der Waals surface area contributed by atoms with E-state index >= 15 is 0 Å². The van der Waals surface area contributed by atoms with Gasteiger partial charge in [-0.15, -0.1) is 0 Å². The molecule has 0 heterocycles. The van der Waals surface area contributed by atoms with Crippen LogP contribution in [0.25, 0.3) is 0 Å². The molecule has 1 atom stereocenters. The second-order valence-electron chi connectivity index (χ2n) is 1.60. The van der Waals surface area contributed by atoms with Gasteiger partial charge in [-0.1, -0.05) is 31.9 Å². The molecule has 0 aromatic rings. The molecule has 9 heavy (non-hydrogen) atoms. The van der Waals surface area contributed by atoms with E-state index in [1.165, 1.54) is 0 Å². The second-order valence-corrected chi connectivity index (χ2v) is 4.28. The van der Waals surface area contributed by atoms with Gasteiger partial charge >= 0.3 is 0 Å². The van der Waals surface area contributed by atoms with Crippen LogP contribution in [-0.4, -0.2) is 14.8 Å². The zero-order valence-corrected chi connectivity index (χ0v) is 9.50. The van der Waals surface area contributed by atoms with Crippen LogP contribution in [0.3, 0.4) is 0 Å². The molecule has 0 bridgehead atoms. The Kier molecular flexibility index (Phi) is 6.59. The van der Waals surface area contributed by atoms with Crippen LogP contribution in [0, 0.1) is 0 Å². The van der Waals surface area contributed by atoms with Gasteiger partial charge < -0.3 is 0 Å². The summed E-state index contributed by atoms with van der Waals surface area (Å²) in [6, 6.07) is 0. The highest BCUT2D eigenvalue weighted by molar-refractivity contribution is 9.20. The van der Waals surface area contributed by atoms with E-state index in [1.54, 1.807) is 0 Å². The summed E-state index contributed by atoms with van der Waals surface area (Å²) < 4.78 is 0.0310. The fourth-order valence-electron chi connectivity index (χ4n) is 0.370. The molecule has 0 saturated carbocycles. The van der Waals surface area contributed by atoms with Gasteiger partial charge in [0.2, 0.25) is 4.69 Å². The number of carbonyl (C=O) groups excluding carboxylic acids is 1. The van der Waals surface area contributed by atoms with Crippen LogP contribution in [0.15, 0.2) is 0 Å². The lowest BCUT2D eigenvalue weighted by Gasteiger charge is -1.99. The van der Waals surface area contributed by atoms with Crippen molar-refractivity contribution in [2.45, 2.75) is 17.7 Å². The highest BCUT2D eigenvalue weighted by atomic mass is 79.9. The average molecular weight is 323 g/mol. The first-order valence-electron chi connectivity index (χ1n) is 2.58. The van der Waals surface area contributed by atoms with Gasteiger partial charge in [0, 0.05) is 5.33 Å². The Morgan fingerprint density at radius 1 is 1.56 bits per heavy atom. The Hall–Kier alpha value is 1.11. The molecule has 0 saturated heterocycles. The third kappa shape index (κ3) is 5.55. The maximum atomic E-state index is 10.5. The molecule has 0 fully saturated rings. The third-order valence-electron chi connectivity index (χ3n) is 0.837. The molecule has 0 rings (SSSR count). The standard InChI is InChI=1S/C5H7Br3O/c6-3-1-2-4(7)5(8)9/h4H,1-3H2/t4-/m1/s1. The first-order chi connectivity index (χ1) is 4.18. The summed E-state index contributed by atoms with van der Waals surface area (Å²) in [7, 11) is 0. The van der Waals surface area contributed by atoms with E-state index < -0.39 is 0 Å². The Morgan fingerprint density at radius 3 is 2.44 bits per heavy atom. The Bertz CT molecular complexity index is 94.2. The van der Waals surface area contributed by atoms with E-state index in [0.717, 1.165) is 18.2 Å². The Morgan fingerprint density at radius 2 is 2.11 bits per heavy atom. The summed E-state index contributed by atoms with van der Waals surface area (Å²) in [6.07, 6.45) is 1.91. The van der Waals surface area contributed by atoms with Gasteiger partial charge in [0.05, 0.1) is 4.83 Å². The largest absolute Gasteiger partial charge is 0.285 e. The minimum atomic E-state index is -0.0185. The molecule has 0 aliphatic heterocycles. The summed E-state index contributed by atoms with van der Waals surface area (Å²) >= 11 is 9.37. The first-order valence-corrected chi connectivity index (χ1v) is 5.41. The monoisotopic (exact) mass is 320 g/mol. The summed E-state index contributed by atoms with van der Waals surface area (Å²) in [5.74, 6) is 0. The molecule has 54 valence electrons. The summed E-state index contributed by atoms with van der Waals surface area (Å²) in [5.41, 5.74) is 0. The van der Waals surface area contributed by atoms with Crippen LogP contribution in [0.1, 0.15) is 12.8 Å². The molecule has 0 aliphatic carbocycles. The summed E-state index contributed by atoms with van der Waals surface area (Å²) in [5, 5.41) is 0.954. The molecule has 4 heteroatoms. The van der Waals surface area contributed by atoms with Crippen molar-refractivity contribution in [1.29, 1.82) is 0 Å². The number of alkyl halides is 2. The zero-order chi connectivity index (χ0) is 7.28. The summed E-state index contributed by atoms with van der Waals surface area (Å²) in [6.45, 7) is 0. The van der Waals surface area contributed by atoms with E-state index in [0.29, 0.717) is 0 Å². The van der Waals surface area contributed by atoms with Crippen LogP contribution in [0.4, 0.5) is 0 Å². The SMILES string of the molecule is O=C(Br)[C@H](Br)CCCBr. The molecular formula is C5H7Br3O. The molecule has 0 aromatic heterocycles. The molecule has 0 aromatic carbocycles. The highest BCUT2D eigenvalue weighted by Crippen LogP contribution is 2.12. The molecule has 0 radical (unpaired) electrons. The predicted octanol–water partition coefficient (Wildman–Crippen LogP) is 2.85. The average Bonchev–Trinajstić information content (AvgIpc) is 1.82. The minimum Gasteiger partial charge on any atom is -0.285 e. The van der Waals surface area contributed by atoms with E-state index in [4.69, 9.17) is 0 Å². The van der Waals surface area contributed by atoms with Crippen LogP contribution in [-0.2, 0) is 4.79 Å². The van der Waals surface area contributed by atoms with Gasteiger partial charge in [0.1, 0.15) is 0 Å². The van der Waals surface area contributed by atoms with Crippen molar-refractivity contribution in [3.8, 4) is 0 Å². The van der Waals surface area contributed by atoms with Crippen molar-refractivity contribution in [3.63, 3.8) is 0 Å². The van der Waals surface area contributed by atoms with Gasteiger partial charge in [-0.2, -0.15) is 0 Å². The van der Waals surface area contributed by atoms with Gasteiger partial charge in [-0.05, 0) is 28.8 Å². The van der Waals surface area contributed by atoms with Crippen molar-refractivity contribution in [3.05, 3.63) is 0 Å². The highest BCUT2D eigenvalue weighted by Gasteiger charge is 2.09. The maximum absolute atomic E-state index is 10.5. The lowest BCUT2D eigenvalue weighted by Crippen LogP contribution is -2.05. The van der Waals surface area contributed by atoms with E-state index in [9.17, 15) is 4.79 Å². The molecule has 0 unspecified atom stereocenters. The Labute approximate surface area is 80.0 Å². The number of halogens is 3. The van der Waals surface area contributed by atoms with E-state index in [-0.39, 0.29) is 9.52 Å². The summed E-state index contributed by atoms with van der Waals surface area (Å²) in [4.78, 5) is 10.5. The third-order valence-corrected chi connectivity index (χ3v) is 3.44. The van der Waals surface area contributed by atoms with Gasteiger partial charge in [-0.3, -0.25) is 4.79 Å². The molecular weight excluding hydrogens is 316 g/mol. The fourth-order valence-corrected chi connectivity index (χ4v) is 1.25. The van der Waals surface area contributed by atoms with Crippen molar-refractivity contribution >= 4 is 52.5 Å². The molecule has 0 aliphatic rings. The number of rotatable bonds is 4. The topological polar surface area (TPSA) is 17.1 Å². The number of hydrogen-bond acceptors (Lipinski definition) is 1. The molecule has 0 spiro atoms. The van der Waals surface area contributed by atoms with Crippen molar-refractivity contribution in [1.82, 2.24) is 0 Å². The quantitative estimate of drug-likeness (QED) is 0.574. The van der Waals surface area contributed by atoms with E-state index in [2.05, 4.69) is 47.8 Å². The van der Waals surface area contributed by atoms with Crippen LogP contribution in [0.5, 0.6) is 0 Å². The fraction of sp³-hybridized carbons (Fsp3) is 0.800. The van der Waals surface area contributed by atoms with Gasteiger partial charge in [0.15, 0.2) is 0 Å². The van der Waals surface area contributed by atoms with Gasteiger partial charge in [0.25, 0.3) is 0 Å². The molecule has 0 amide bonds. The maximum Gasteiger partial charge on any atom is 0.211 e. The smallest absolute Gasteiger partial charge is 0.211 e. The minimum absolute atomic E-state index is 0.0185. The molecule has 1 nitrogen and oxygen atoms in total. The molecule has 0 N–H and O–H groups in total. The van der Waals surface area contributed by atoms with Crippen molar-refractivity contribution < 1.29 is 4.79 Å². The van der Waals surface area contributed by atoms with Crippen molar-refractivity contribution in [2.75, 3.05) is 5.33 Å². The number of carbonyl (C=O) groups is 1.